The molecule has 2 aromatic carbocycles. The van der Waals surface area contributed by atoms with Gasteiger partial charge in [0.15, 0.2) is 0 Å². The molecule has 1 N–H and O–H groups in total. The molecule has 0 bridgehead atoms. The van der Waals surface area contributed by atoms with Crippen molar-refractivity contribution in [1.82, 2.24) is 14.2 Å². The first-order valence-corrected chi connectivity index (χ1v) is 17.3. The minimum absolute atomic E-state index is 0.00590. The molecule has 1 aliphatic carbocycles. The summed E-state index contributed by atoms with van der Waals surface area (Å²) in [5.41, 5.74) is 5.00. The summed E-state index contributed by atoms with van der Waals surface area (Å²) in [5.74, 6) is 0.128. The third kappa shape index (κ3) is 5.86. The molecule has 2 aliphatic heterocycles. The van der Waals surface area contributed by atoms with Crippen LogP contribution in [0.3, 0.4) is 0 Å². The number of nitrogens with one attached hydrogen (secondary N) is 1. The molecule has 0 unspecified atom stereocenters. The summed E-state index contributed by atoms with van der Waals surface area (Å²) in [7, 11) is -3.79. The van der Waals surface area contributed by atoms with Crippen LogP contribution >= 0.6 is 0 Å². The van der Waals surface area contributed by atoms with Gasteiger partial charge in [0.2, 0.25) is 21.8 Å². The second-order valence-electron chi connectivity index (χ2n) is 13.7. The van der Waals surface area contributed by atoms with E-state index in [1.165, 1.54) is 12.0 Å². The summed E-state index contributed by atoms with van der Waals surface area (Å²) in [4.78, 5) is 31.4. The lowest BCUT2D eigenvalue weighted by Crippen LogP contribution is -2.45. The SMILES string of the molecule is Cc1ccc2c(c1)N(CC(=O)N1CCCCC1)C(=O)Cn1c-2c(C2CCCCC2)c2ccc(S(=O)(=O)NC(C)(C)C)cc21. The van der Waals surface area contributed by atoms with Crippen molar-refractivity contribution in [3.8, 4) is 11.3 Å². The number of hydrogen-bond acceptors (Lipinski definition) is 4. The summed E-state index contributed by atoms with van der Waals surface area (Å²) in [6.45, 7) is 9.00. The van der Waals surface area contributed by atoms with Crippen LogP contribution in [0.1, 0.15) is 89.2 Å². The Kier molecular flexibility index (Phi) is 7.92. The number of hydrogen-bond donors (Lipinski definition) is 1. The van der Waals surface area contributed by atoms with Crippen molar-refractivity contribution in [2.24, 2.45) is 0 Å². The predicted octanol–water partition coefficient (Wildman–Crippen LogP) is 6.10. The molecular weight excluding hydrogens is 560 g/mol. The van der Waals surface area contributed by atoms with E-state index in [2.05, 4.69) is 16.9 Å². The number of nitrogens with zero attached hydrogens (tertiary/aromatic N) is 3. The van der Waals surface area contributed by atoms with Gasteiger partial charge in [-0.15, -0.1) is 0 Å². The molecule has 1 saturated heterocycles. The van der Waals surface area contributed by atoms with Crippen LogP contribution in [-0.4, -0.2) is 54.9 Å². The van der Waals surface area contributed by atoms with Gasteiger partial charge in [-0.1, -0.05) is 37.5 Å². The second kappa shape index (κ2) is 11.4. The van der Waals surface area contributed by atoms with Gasteiger partial charge in [-0.05, 0) is 95.0 Å². The van der Waals surface area contributed by atoms with E-state index in [1.54, 1.807) is 17.0 Å². The van der Waals surface area contributed by atoms with Crippen molar-refractivity contribution < 1.29 is 18.0 Å². The number of aromatic nitrogens is 1. The van der Waals surface area contributed by atoms with Crippen molar-refractivity contribution in [2.45, 2.75) is 102 Å². The Morgan fingerprint density at radius 3 is 2.35 bits per heavy atom. The minimum Gasteiger partial charge on any atom is -0.341 e. The average Bonchev–Trinajstić information content (AvgIpc) is 3.22. The number of sulfonamides is 1. The van der Waals surface area contributed by atoms with E-state index in [0.717, 1.165) is 91.4 Å². The third-order valence-electron chi connectivity index (χ3n) is 9.14. The lowest BCUT2D eigenvalue weighted by Gasteiger charge is -2.30. The highest BCUT2D eigenvalue weighted by atomic mass is 32.2. The van der Waals surface area contributed by atoms with E-state index in [4.69, 9.17) is 0 Å². The molecule has 230 valence electrons. The quantitative estimate of drug-likeness (QED) is 0.381. The number of likely N-dealkylation sites (tertiary alicyclic amines) is 1. The van der Waals surface area contributed by atoms with Crippen LogP contribution in [0.4, 0.5) is 5.69 Å². The Bertz CT molecular complexity index is 1670. The molecule has 2 amide bonds. The minimum atomic E-state index is -3.79. The first-order chi connectivity index (χ1) is 20.4. The number of piperidine rings is 1. The maximum Gasteiger partial charge on any atom is 0.247 e. The first kappa shape index (κ1) is 29.9. The van der Waals surface area contributed by atoms with Crippen LogP contribution in [0.5, 0.6) is 0 Å². The fourth-order valence-corrected chi connectivity index (χ4v) is 8.65. The summed E-state index contributed by atoms with van der Waals surface area (Å²) in [5, 5.41) is 1.01. The molecule has 0 atom stereocenters. The molecule has 43 heavy (non-hydrogen) atoms. The molecule has 1 saturated carbocycles. The zero-order chi connectivity index (χ0) is 30.5. The highest BCUT2D eigenvalue weighted by Crippen LogP contribution is 2.48. The molecule has 9 heteroatoms. The molecule has 0 radical (unpaired) electrons. The van der Waals surface area contributed by atoms with Gasteiger partial charge in [0, 0.05) is 29.6 Å². The van der Waals surface area contributed by atoms with Crippen LogP contribution in [0.15, 0.2) is 41.3 Å². The Labute approximate surface area is 255 Å². The topological polar surface area (TPSA) is 91.7 Å². The van der Waals surface area contributed by atoms with Gasteiger partial charge < -0.3 is 14.4 Å². The van der Waals surface area contributed by atoms with Crippen LogP contribution < -0.4 is 9.62 Å². The normalized spacial score (nSPS) is 18.5. The standard InChI is InChI=1S/C34H44N4O4S/c1-23-13-15-27-28(19-23)37(21-30(39)36-17-9-6-10-18-36)31(40)22-38-29-20-25(43(41,42)35-34(2,3)4)14-16-26(29)32(33(27)38)24-11-7-5-8-12-24/h13-16,19-20,24,35H,5-12,17-18,21-22H2,1-4H3. The van der Waals surface area contributed by atoms with Gasteiger partial charge in [-0.3, -0.25) is 9.59 Å². The van der Waals surface area contributed by atoms with Crippen molar-refractivity contribution in [1.29, 1.82) is 0 Å². The van der Waals surface area contributed by atoms with Gasteiger partial charge in [-0.25, -0.2) is 13.1 Å². The molecule has 3 aromatic rings. The van der Waals surface area contributed by atoms with Crippen LogP contribution in [0.2, 0.25) is 0 Å². The zero-order valence-electron chi connectivity index (χ0n) is 25.9. The fraction of sp³-hybridized carbons (Fsp3) is 0.529. The molecule has 3 heterocycles. The number of anilines is 1. The Balaban J connectivity index is 1.54. The predicted molar refractivity (Wildman–Crippen MR) is 171 cm³/mol. The van der Waals surface area contributed by atoms with Crippen molar-refractivity contribution in [3.63, 3.8) is 0 Å². The molecule has 2 fully saturated rings. The smallest absolute Gasteiger partial charge is 0.247 e. The van der Waals surface area contributed by atoms with Crippen LogP contribution in [-0.2, 0) is 26.2 Å². The zero-order valence-corrected chi connectivity index (χ0v) is 26.7. The van der Waals surface area contributed by atoms with E-state index in [1.807, 2.05) is 49.3 Å². The van der Waals surface area contributed by atoms with Crippen molar-refractivity contribution in [3.05, 3.63) is 47.5 Å². The third-order valence-corrected chi connectivity index (χ3v) is 10.9. The molecule has 0 spiro atoms. The summed E-state index contributed by atoms with van der Waals surface area (Å²) < 4.78 is 31.6. The van der Waals surface area contributed by atoms with Crippen molar-refractivity contribution >= 4 is 38.4 Å². The summed E-state index contributed by atoms with van der Waals surface area (Å²) in [6.07, 6.45) is 8.74. The Hall–Kier alpha value is -3.17. The highest BCUT2D eigenvalue weighted by Gasteiger charge is 2.35. The van der Waals surface area contributed by atoms with Crippen molar-refractivity contribution in [2.75, 3.05) is 24.5 Å². The van der Waals surface area contributed by atoms with Crippen LogP contribution in [0, 0.1) is 6.92 Å². The lowest BCUT2D eigenvalue weighted by atomic mass is 9.81. The number of carbonyl (C=O) groups excluding carboxylic acids is 2. The monoisotopic (exact) mass is 604 g/mol. The highest BCUT2D eigenvalue weighted by molar-refractivity contribution is 7.89. The van der Waals surface area contributed by atoms with Gasteiger partial charge >= 0.3 is 0 Å². The van der Waals surface area contributed by atoms with E-state index < -0.39 is 15.6 Å². The number of aryl methyl sites for hydroxylation is 1. The second-order valence-corrected chi connectivity index (χ2v) is 15.3. The van der Waals surface area contributed by atoms with E-state index in [9.17, 15) is 18.0 Å². The summed E-state index contributed by atoms with van der Waals surface area (Å²) in [6, 6.07) is 11.5. The maximum atomic E-state index is 14.2. The fourth-order valence-electron chi connectivity index (χ4n) is 7.22. The molecular formula is C34H44N4O4S. The van der Waals surface area contributed by atoms with Gasteiger partial charge in [0.1, 0.15) is 13.1 Å². The average molecular weight is 605 g/mol. The number of fused-ring (bicyclic) bond motifs is 5. The van der Waals surface area contributed by atoms with Crippen LogP contribution in [0.25, 0.3) is 22.2 Å². The number of benzene rings is 2. The largest absolute Gasteiger partial charge is 0.341 e. The maximum absolute atomic E-state index is 14.2. The molecule has 8 nitrogen and oxygen atoms in total. The molecule has 3 aliphatic rings. The number of amides is 2. The Morgan fingerprint density at radius 2 is 1.65 bits per heavy atom. The first-order valence-electron chi connectivity index (χ1n) is 15.8. The van der Waals surface area contributed by atoms with Gasteiger partial charge in [-0.2, -0.15) is 0 Å². The molecule has 1 aromatic heterocycles. The van der Waals surface area contributed by atoms with E-state index in [0.29, 0.717) is 5.92 Å². The number of carbonyl (C=O) groups is 2. The summed E-state index contributed by atoms with van der Waals surface area (Å²) >= 11 is 0. The van der Waals surface area contributed by atoms with Gasteiger partial charge in [0.05, 0.1) is 21.8 Å². The molecule has 6 rings (SSSR count). The lowest BCUT2D eigenvalue weighted by molar-refractivity contribution is -0.132. The van der Waals surface area contributed by atoms with Gasteiger partial charge in [0.25, 0.3) is 0 Å². The van der Waals surface area contributed by atoms with E-state index >= 15 is 0 Å². The Morgan fingerprint density at radius 1 is 0.953 bits per heavy atom. The number of rotatable bonds is 5. The van der Waals surface area contributed by atoms with E-state index in [-0.39, 0.29) is 29.8 Å².